The molecular weight excluding hydrogens is 398 g/mol. The van der Waals surface area contributed by atoms with Crippen LogP contribution >= 0.6 is 11.3 Å². The lowest BCUT2D eigenvalue weighted by Gasteiger charge is -2.25. The summed E-state index contributed by atoms with van der Waals surface area (Å²) in [6.45, 7) is 12.5. The zero-order valence-corrected chi connectivity index (χ0v) is 20.0. The molecule has 0 N–H and O–H groups in total. The standard InChI is InChI=1S/C22H35N5O2S/c1-15(12-20-16(2)24-25(5)17(20)3)22(28)27-9-7-8-26(10-11-27)13-19-14-30-21(23-19)18(4)29-6/h14-15,18H,7-13H2,1-6H3/t15-,18-/m0/s1. The van der Waals surface area contributed by atoms with E-state index in [0.29, 0.717) is 0 Å². The molecule has 30 heavy (non-hydrogen) atoms. The van der Waals surface area contributed by atoms with Crippen molar-refractivity contribution in [2.45, 2.75) is 53.2 Å². The van der Waals surface area contributed by atoms with Crippen LogP contribution in [0.4, 0.5) is 0 Å². The highest BCUT2D eigenvalue weighted by Gasteiger charge is 2.25. The van der Waals surface area contributed by atoms with Gasteiger partial charge in [0.25, 0.3) is 0 Å². The molecule has 1 fully saturated rings. The molecule has 2 atom stereocenters. The average Bonchev–Trinajstić information content (AvgIpc) is 3.18. The van der Waals surface area contributed by atoms with E-state index in [-0.39, 0.29) is 17.9 Å². The molecule has 1 saturated heterocycles. The summed E-state index contributed by atoms with van der Waals surface area (Å²) in [5.74, 6) is 0.221. The van der Waals surface area contributed by atoms with Crippen molar-refractivity contribution in [1.29, 1.82) is 0 Å². The Labute approximate surface area is 184 Å². The largest absolute Gasteiger partial charge is 0.375 e. The molecule has 3 rings (SSSR count). The van der Waals surface area contributed by atoms with Gasteiger partial charge in [0.2, 0.25) is 5.91 Å². The van der Waals surface area contributed by atoms with E-state index in [4.69, 9.17) is 9.72 Å². The minimum absolute atomic E-state index is 0.0326. The number of hydrogen-bond acceptors (Lipinski definition) is 6. The van der Waals surface area contributed by atoms with Crippen LogP contribution in [0.25, 0.3) is 0 Å². The van der Waals surface area contributed by atoms with Crippen molar-refractivity contribution < 1.29 is 9.53 Å². The average molecular weight is 434 g/mol. The Morgan fingerprint density at radius 1 is 1.23 bits per heavy atom. The van der Waals surface area contributed by atoms with Crippen molar-refractivity contribution in [2.75, 3.05) is 33.3 Å². The van der Waals surface area contributed by atoms with Crippen molar-refractivity contribution in [3.63, 3.8) is 0 Å². The normalized spacial score (nSPS) is 17.7. The molecule has 3 heterocycles. The quantitative estimate of drug-likeness (QED) is 0.671. The summed E-state index contributed by atoms with van der Waals surface area (Å²) in [5, 5.41) is 7.64. The molecule has 0 bridgehead atoms. The van der Waals surface area contributed by atoms with Gasteiger partial charge in [-0.05, 0) is 39.2 Å². The van der Waals surface area contributed by atoms with E-state index in [1.54, 1.807) is 18.4 Å². The van der Waals surface area contributed by atoms with E-state index < -0.39 is 0 Å². The number of carbonyl (C=O) groups is 1. The molecule has 8 heteroatoms. The van der Waals surface area contributed by atoms with Crippen molar-refractivity contribution in [1.82, 2.24) is 24.6 Å². The van der Waals surface area contributed by atoms with Gasteiger partial charge in [-0.15, -0.1) is 11.3 Å². The fraction of sp³-hybridized carbons (Fsp3) is 0.682. The van der Waals surface area contributed by atoms with Crippen molar-refractivity contribution in [3.8, 4) is 0 Å². The van der Waals surface area contributed by atoms with Gasteiger partial charge in [-0.25, -0.2) is 4.98 Å². The smallest absolute Gasteiger partial charge is 0.225 e. The van der Waals surface area contributed by atoms with Gasteiger partial charge < -0.3 is 9.64 Å². The van der Waals surface area contributed by atoms with Crippen LogP contribution < -0.4 is 0 Å². The first-order chi connectivity index (χ1) is 14.3. The van der Waals surface area contributed by atoms with Crippen LogP contribution in [0.2, 0.25) is 0 Å². The minimum atomic E-state index is -0.0326. The molecule has 7 nitrogen and oxygen atoms in total. The molecule has 0 radical (unpaired) electrons. The Bertz CT molecular complexity index is 862. The molecule has 2 aromatic heterocycles. The number of rotatable bonds is 7. The molecular formula is C22H35N5O2S. The van der Waals surface area contributed by atoms with Crippen molar-refractivity contribution in [3.05, 3.63) is 33.0 Å². The maximum atomic E-state index is 13.1. The summed E-state index contributed by atoms with van der Waals surface area (Å²) in [5.41, 5.74) is 4.48. The molecule has 1 aliphatic rings. The molecule has 0 unspecified atom stereocenters. The second kappa shape index (κ2) is 10.0. The summed E-state index contributed by atoms with van der Waals surface area (Å²) in [4.78, 5) is 22.3. The van der Waals surface area contributed by atoms with E-state index in [1.807, 2.05) is 37.4 Å². The van der Waals surface area contributed by atoms with Crippen LogP contribution in [-0.4, -0.2) is 63.8 Å². The fourth-order valence-electron chi connectivity index (χ4n) is 4.08. The predicted molar refractivity (Wildman–Crippen MR) is 120 cm³/mol. The molecule has 0 aromatic carbocycles. The Morgan fingerprint density at radius 2 is 2.00 bits per heavy atom. The van der Waals surface area contributed by atoms with Gasteiger partial charge in [0.1, 0.15) is 11.1 Å². The number of methoxy groups -OCH3 is 1. The number of nitrogens with zero attached hydrogens (tertiary/aromatic N) is 5. The monoisotopic (exact) mass is 433 g/mol. The zero-order valence-electron chi connectivity index (χ0n) is 19.1. The van der Waals surface area contributed by atoms with Crippen LogP contribution in [-0.2, 0) is 29.5 Å². The van der Waals surface area contributed by atoms with Crippen LogP contribution in [0.15, 0.2) is 5.38 Å². The second-order valence-corrected chi connectivity index (χ2v) is 9.28. The first-order valence-corrected chi connectivity index (χ1v) is 11.7. The Kier molecular flexibility index (Phi) is 7.65. The molecule has 0 saturated carbocycles. The number of ether oxygens (including phenoxy) is 1. The van der Waals surface area contributed by atoms with Gasteiger partial charge in [0.15, 0.2) is 0 Å². The van der Waals surface area contributed by atoms with Crippen LogP contribution in [0.5, 0.6) is 0 Å². The zero-order chi connectivity index (χ0) is 21.8. The predicted octanol–water partition coefficient (Wildman–Crippen LogP) is 3.11. The van der Waals surface area contributed by atoms with Crippen molar-refractivity contribution in [2.24, 2.45) is 13.0 Å². The number of thiazole rings is 1. The van der Waals surface area contributed by atoms with Gasteiger partial charge in [-0.2, -0.15) is 5.10 Å². The Morgan fingerprint density at radius 3 is 2.67 bits per heavy atom. The van der Waals surface area contributed by atoms with E-state index in [9.17, 15) is 4.79 Å². The molecule has 2 aromatic rings. The highest BCUT2D eigenvalue weighted by atomic mass is 32.1. The Balaban J connectivity index is 1.55. The lowest BCUT2D eigenvalue weighted by atomic mass is 9.98. The number of aromatic nitrogens is 3. The van der Waals surface area contributed by atoms with Gasteiger partial charge >= 0.3 is 0 Å². The summed E-state index contributed by atoms with van der Waals surface area (Å²) in [6.07, 6.45) is 1.79. The third-order valence-corrected chi connectivity index (χ3v) is 7.20. The fourth-order valence-corrected chi connectivity index (χ4v) is 4.92. The summed E-state index contributed by atoms with van der Waals surface area (Å²) < 4.78 is 7.27. The molecule has 0 aliphatic carbocycles. The van der Waals surface area contributed by atoms with Gasteiger partial charge in [-0.1, -0.05) is 6.92 Å². The lowest BCUT2D eigenvalue weighted by molar-refractivity contribution is -0.134. The van der Waals surface area contributed by atoms with E-state index in [2.05, 4.69) is 22.3 Å². The Hall–Kier alpha value is -1.77. The third kappa shape index (κ3) is 5.28. The highest BCUT2D eigenvalue weighted by Crippen LogP contribution is 2.22. The lowest BCUT2D eigenvalue weighted by Crippen LogP contribution is -2.38. The number of aryl methyl sites for hydroxylation is 2. The van der Waals surface area contributed by atoms with Gasteiger partial charge in [-0.3, -0.25) is 14.4 Å². The molecule has 0 spiro atoms. The number of hydrogen-bond donors (Lipinski definition) is 0. The summed E-state index contributed by atoms with van der Waals surface area (Å²) >= 11 is 1.66. The minimum Gasteiger partial charge on any atom is -0.375 e. The third-order valence-electron chi connectivity index (χ3n) is 6.15. The second-order valence-electron chi connectivity index (χ2n) is 8.39. The van der Waals surface area contributed by atoms with Crippen LogP contribution in [0.1, 0.15) is 54.0 Å². The van der Waals surface area contributed by atoms with Gasteiger partial charge in [0.05, 0.1) is 11.4 Å². The topological polar surface area (TPSA) is 63.5 Å². The molecule has 1 aliphatic heterocycles. The summed E-state index contributed by atoms with van der Waals surface area (Å²) in [6, 6.07) is 0. The molecule has 166 valence electrons. The highest BCUT2D eigenvalue weighted by molar-refractivity contribution is 7.09. The summed E-state index contributed by atoms with van der Waals surface area (Å²) in [7, 11) is 3.67. The van der Waals surface area contributed by atoms with Crippen molar-refractivity contribution >= 4 is 17.2 Å². The van der Waals surface area contributed by atoms with E-state index in [0.717, 1.165) is 67.7 Å². The van der Waals surface area contributed by atoms with E-state index >= 15 is 0 Å². The van der Waals surface area contributed by atoms with Crippen LogP contribution in [0.3, 0.4) is 0 Å². The SMILES string of the molecule is CO[C@@H](C)c1nc(CN2CCCN(C(=O)[C@@H](C)Cc3c(C)nn(C)c3C)CC2)cs1. The maximum absolute atomic E-state index is 13.1. The first-order valence-electron chi connectivity index (χ1n) is 10.8. The first kappa shape index (κ1) is 22.9. The van der Waals surface area contributed by atoms with Gasteiger partial charge in [0, 0.05) is 63.9 Å². The number of amides is 1. The molecule has 1 amide bonds. The van der Waals surface area contributed by atoms with Crippen LogP contribution in [0, 0.1) is 19.8 Å². The maximum Gasteiger partial charge on any atom is 0.225 e. The number of carbonyl (C=O) groups excluding carboxylic acids is 1. The van der Waals surface area contributed by atoms with E-state index in [1.165, 1.54) is 5.56 Å².